The van der Waals surface area contributed by atoms with Crippen molar-refractivity contribution in [2.45, 2.75) is 34.2 Å². The highest BCUT2D eigenvalue weighted by Gasteiger charge is 2.16. The summed E-state index contributed by atoms with van der Waals surface area (Å²) in [6.45, 7) is 10.7. The van der Waals surface area contributed by atoms with E-state index in [4.69, 9.17) is 22.5 Å². The van der Waals surface area contributed by atoms with Crippen LogP contribution in [0.4, 0.5) is 0 Å². The number of halogens is 1. The van der Waals surface area contributed by atoms with Gasteiger partial charge in [-0.25, -0.2) is 0 Å². The first-order chi connectivity index (χ1) is 9.86. The first kappa shape index (κ1) is 17.8. The summed E-state index contributed by atoms with van der Waals surface area (Å²) in [7, 11) is 0. The minimum absolute atomic E-state index is 0.0658. The molecule has 1 rings (SSSR count). The number of nitrogens with two attached hydrogens (primary N) is 1. The van der Waals surface area contributed by atoms with Gasteiger partial charge in [0.1, 0.15) is 0 Å². The number of oxime groups is 1. The first-order valence-electron chi connectivity index (χ1n) is 7.33. The average molecular weight is 312 g/mol. The van der Waals surface area contributed by atoms with E-state index in [1.165, 1.54) is 0 Å². The minimum atomic E-state index is 0.0658. The molecule has 1 aromatic rings. The van der Waals surface area contributed by atoms with Crippen LogP contribution in [0.3, 0.4) is 0 Å². The Kier molecular flexibility index (Phi) is 6.99. The summed E-state index contributed by atoms with van der Waals surface area (Å²) in [4.78, 5) is 0. The molecule has 21 heavy (non-hydrogen) atoms. The van der Waals surface area contributed by atoms with Crippen molar-refractivity contribution in [3.8, 4) is 0 Å². The summed E-state index contributed by atoms with van der Waals surface area (Å²) < 4.78 is 0. The van der Waals surface area contributed by atoms with E-state index in [9.17, 15) is 0 Å². The Bertz CT molecular complexity index is 478. The lowest BCUT2D eigenvalue weighted by molar-refractivity contribution is 0.275. The lowest BCUT2D eigenvalue weighted by Crippen LogP contribution is -2.29. The first-order valence-corrected chi connectivity index (χ1v) is 7.71. The van der Waals surface area contributed by atoms with E-state index in [1.54, 1.807) is 12.1 Å². The number of benzene rings is 1. The number of rotatable bonds is 7. The zero-order valence-electron chi connectivity index (χ0n) is 13.2. The molecular formula is C16H26ClN3O. The van der Waals surface area contributed by atoms with Gasteiger partial charge in [0.2, 0.25) is 0 Å². The quantitative estimate of drug-likeness (QED) is 0.312. The summed E-state index contributed by atoms with van der Waals surface area (Å²) in [6, 6.07) is 5.43. The van der Waals surface area contributed by atoms with Crippen LogP contribution in [-0.2, 0) is 6.54 Å². The van der Waals surface area contributed by atoms with E-state index in [2.05, 4.69) is 38.2 Å². The molecule has 0 saturated carbocycles. The van der Waals surface area contributed by atoms with E-state index in [0.29, 0.717) is 34.9 Å². The molecule has 0 spiro atoms. The third kappa shape index (κ3) is 5.21. The highest BCUT2D eigenvalue weighted by Crippen LogP contribution is 2.21. The number of hydrogen-bond acceptors (Lipinski definition) is 3. The molecule has 5 heteroatoms. The van der Waals surface area contributed by atoms with E-state index < -0.39 is 0 Å². The molecule has 4 N–H and O–H groups in total. The van der Waals surface area contributed by atoms with Gasteiger partial charge in [0.25, 0.3) is 0 Å². The lowest BCUT2D eigenvalue weighted by atomic mass is 9.85. The van der Waals surface area contributed by atoms with Crippen molar-refractivity contribution in [3.05, 3.63) is 34.3 Å². The van der Waals surface area contributed by atoms with Crippen molar-refractivity contribution >= 4 is 17.4 Å². The summed E-state index contributed by atoms with van der Waals surface area (Å²) in [5.74, 6) is 2.00. The molecule has 0 aromatic heterocycles. The molecule has 0 saturated heterocycles. The second-order valence-corrected chi connectivity index (χ2v) is 6.48. The standard InChI is InChI=1S/C16H26ClN3O/c1-10(2)14(11(3)4)9-19-8-13-6-5-12(7-15(13)17)16(18)20-21/h5-7,10-11,14,19,21H,8-9H2,1-4H3,(H2,18,20). The minimum Gasteiger partial charge on any atom is -0.409 e. The van der Waals surface area contributed by atoms with Crippen molar-refractivity contribution in [1.82, 2.24) is 5.32 Å². The Hall–Kier alpha value is -1.26. The third-order valence-corrected chi connectivity index (χ3v) is 4.22. The highest BCUT2D eigenvalue weighted by molar-refractivity contribution is 6.31. The van der Waals surface area contributed by atoms with Crippen molar-refractivity contribution in [2.75, 3.05) is 6.54 Å². The maximum Gasteiger partial charge on any atom is 0.170 e. The molecule has 1 aromatic carbocycles. The van der Waals surface area contributed by atoms with Gasteiger partial charge in [-0.05, 0) is 35.9 Å². The van der Waals surface area contributed by atoms with Gasteiger partial charge >= 0.3 is 0 Å². The Labute approximate surface area is 132 Å². The van der Waals surface area contributed by atoms with Crippen LogP contribution in [0.1, 0.15) is 38.8 Å². The number of nitrogens with one attached hydrogen (secondary N) is 1. The number of nitrogens with zero attached hydrogens (tertiary/aromatic N) is 1. The molecule has 118 valence electrons. The van der Waals surface area contributed by atoms with Gasteiger partial charge in [-0.1, -0.05) is 56.6 Å². The van der Waals surface area contributed by atoms with E-state index in [0.717, 1.165) is 12.1 Å². The Morgan fingerprint density at radius 2 is 1.90 bits per heavy atom. The summed E-state index contributed by atoms with van der Waals surface area (Å²) >= 11 is 6.24. The maximum absolute atomic E-state index is 8.66. The van der Waals surface area contributed by atoms with Gasteiger partial charge < -0.3 is 16.3 Å². The molecule has 4 nitrogen and oxygen atoms in total. The van der Waals surface area contributed by atoms with Gasteiger partial charge in [-0.2, -0.15) is 0 Å². The van der Waals surface area contributed by atoms with E-state index >= 15 is 0 Å². The van der Waals surface area contributed by atoms with Crippen LogP contribution >= 0.6 is 11.6 Å². The molecule has 0 amide bonds. The van der Waals surface area contributed by atoms with Crippen LogP contribution in [-0.4, -0.2) is 17.6 Å². The molecule has 0 unspecified atom stereocenters. The van der Waals surface area contributed by atoms with Gasteiger partial charge in [0.15, 0.2) is 5.84 Å². The molecular weight excluding hydrogens is 286 g/mol. The Balaban J connectivity index is 2.64. The van der Waals surface area contributed by atoms with Gasteiger partial charge in [-0.15, -0.1) is 0 Å². The van der Waals surface area contributed by atoms with E-state index in [-0.39, 0.29) is 5.84 Å². The Morgan fingerprint density at radius 1 is 1.29 bits per heavy atom. The molecule has 0 radical (unpaired) electrons. The SMILES string of the molecule is CC(C)C(CNCc1ccc(/C(N)=N/O)cc1Cl)C(C)C. The van der Waals surface area contributed by atoms with Crippen LogP contribution in [0, 0.1) is 17.8 Å². The number of hydrogen-bond donors (Lipinski definition) is 3. The van der Waals surface area contributed by atoms with Gasteiger partial charge in [-0.3, -0.25) is 0 Å². The normalized spacial score (nSPS) is 12.7. The van der Waals surface area contributed by atoms with Crippen LogP contribution < -0.4 is 11.1 Å². The second-order valence-electron chi connectivity index (χ2n) is 6.07. The highest BCUT2D eigenvalue weighted by atomic mass is 35.5. The van der Waals surface area contributed by atoms with Crippen LogP contribution in [0.25, 0.3) is 0 Å². The molecule has 0 atom stereocenters. The van der Waals surface area contributed by atoms with Crippen LogP contribution in [0.2, 0.25) is 5.02 Å². The van der Waals surface area contributed by atoms with Crippen LogP contribution in [0.15, 0.2) is 23.4 Å². The monoisotopic (exact) mass is 311 g/mol. The van der Waals surface area contributed by atoms with Crippen molar-refractivity contribution in [3.63, 3.8) is 0 Å². The predicted octanol–water partition coefficient (Wildman–Crippen LogP) is 3.45. The van der Waals surface area contributed by atoms with Crippen molar-refractivity contribution in [2.24, 2.45) is 28.6 Å². The molecule has 0 fully saturated rings. The zero-order valence-corrected chi connectivity index (χ0v) is 14.0. The van der Waals surface area contributed by atoms with Crippen molar-refractivity contribution < 1.29 is 5.21 Å². The third-order valence-electron chi connectivity index (χ3n) is 3.86. The Morgan fingerprint density at radius 3 is 2.38 bits per heavy atom. The largest absolute Gasteiger partial charge is 0.409 e. The summed E-state index contributed by atoms with van der Waals surface area (Å²) in [5.41, 5.74) is 7.18. The van der Waals surface area contributed by atoms with E-state index in [1.807, 2.05) is 6.07 Å². The summed E-state index contributed by atoms with van der Waals surface area (Å²) in [5, 5.41) is 15.7. The fourth-order valence-corrected chi connectivity index (χ4v) is 2.77. The average Bonchev–Trinajstić information content (AvgIpc) is 2.43. The topological polar surface area (TPSA) is 70.6 Å². The fourth-order valence-electron chi connectivity index (χ4n) is 2.52. The molecule has 0 aliphatic heterocycles. The van der Waals surface area contributed by atoms with Gasteiger partial charge in [0, 0.05) is 17.1 Å². The smallest absolute Gasteiger partial charge is 0.170 e. The second kappa shape index (κ2) is 8.25. The van der Waals surface area contributed by atoms with Crippen molar-refractivity contribution in [1.29, 1.82) is 0 Å². The molecule has 0 aliphatic rings. The van der Waals surface area contributed by atoms with Gasteiger partial charge in [0.05, 0.1) is 0 Å². The maximum atomic E-state index is 8.66. The number of amidine groups is 1. The van der Waals surface area contributed by atoms with Crippen LogP contribution in [0.5, 0.6) is 0 Å². The fraction of sp³-hybridized carbons (Fsp3) is 0.562. The predicted molar refractivity (Wildman–Crippen MR) is 88.8 cm³/mol. The zero-order chi connectivity index (χ0) is 16.0. The lowest BCUT2D eigenvalue weighted by Gasteiger charge is -2.25. The molecule has 0 bridgehead atoms. The molecule has 0 heterocycles. The molecule has 0 aliphatic carbocycles. The summed E-state index contributed by atoms with van der Waals surface area (Å²) in [6.07, 6.45) is 0.